The summed E-state index contributed by atoms with van der Waals surface area (Å²) in [5.41, 5.74) is 3.01. The first kappa shape index (κ1) is 12.0. The summed E-state index contributed by atoms with van der Waals surface area (Å²) in [5.74, 6) is 0.742. The van der Waals surface area contributed by atoms with E-state index >= 15 is 0 Å². The van der Waals surface area contributed by atoms with E-state index in [1.54, 1.807) is 30.3 Å². The van der Waals surface area contributed by atoms with Gasteiger partial charge in [-0.2, -0.15) is 5.26 Å². The van der Waals surface area contributed by atoms with Gasteiger partial charge in [-0.15, -0.1) is 0 Å². The van der Waals surface area contributed by atoms with E-state index in [2.05, 4.69) is 16.0 Å². The van der Waals surface area contributed by atoms with Crippen molar-refractivity contribution in [2.75, 3.05) is 0 Å². The molecule has 0 amide bonds. The molecule has 1 heterocycles. The summed E-state index contributed by atoms with van der Waals surface area (Å²) in [6.07, 6.45) is 1.73. The van der Waals surface area contributed by atoms with Crippen LogP contribution in [0.2, 0.25) is 0 Å². The topological polar surface area (TPSA) is 72.7 Å². The van der Waals surface area contributed by atoms with Crippen molar-refractivity contribution in [3.8, 4) is 11.8 Å². The maximum absolute atomic E-state index is 9.29. The Hall–Kier alpha value is -3.06. The molecule has 96 valence electrons. The van der Waals surface area contributed by atoms with Gasteiger partial charge < -0.3 is 10.1 Å². The number of hydrogen-bond acceptors (Lipinski definition) is 3. The first-order valence-corrected chi connectivity index (χ1v) is 6.12. The van der Waals surface area contributed by atoms with Crippen molar-refractivity contribution in [3.05, 3.63) is 59.9 Å². The number of imidazole rings is 1. The van der Waals surface area contributed by atoms with Crippen LogP contribution in [-0.4, -0.2) is 15.1 Å². The molecule has 2 N–H and O–H groups in total. The summed E-state index contributed by atoms with van der Waals surface area (Å²) >= 11 is 0. The maximum atomic E-state index is 9.29. The highest BCUT2D eigenvalue weighted by Gasteiger charge is 2.07. The van der Waals surface area contributed by atoms with Crippen molar-refractivity contribution >= 4 is 22.7 Å². The number of para-hydroxylation sites is 2. The molecule has 20 heavy (non-hydrogen) atoms. The Morgan fingerprint density at radius 3 is 2.60 bits per heavy atom. The van der Waals surface area contributed by atoms with Gasteiger partial charge in [0.25, 0.3) is 0 Å². The quantitative estimate of drug-likeness (QED) is 0.695. The van der Waals surface area contributed by atoms with Crippen LogP contribution in [0.25, 0.3) is 22.7 Å². The van der Waals surface area contributed by atoms with Crippen molar-refractivity contribution in [2.24, 2.45) is 0 Å². The highest BCUT2D eigenvalue weighted by atomic mass is 16.3. The van der Waals surface area contributed by atoms with Gasteiger partial charge in [-0.05, 0) is 35.9 Å². The molecule has 4 nitrogen and oxygen atoms in total. The Kier molecular flexibility index (Phi) is 2.94. The molecule has 0 aliphatic carbocycles. The lowest BCUT2D eigenvalue weighted by molar-refractivity contribution is 0.475. The summed E-state index contributed by atoms with van der Waals surface area (Å²) in [4.78, 5) is 7.53. The van der Waals surface area contributed by atoms with E-state index in [0.717, 1.165) is 16.6 Å². The van der Waals surface area contributed by atoms with E-state index in [0.29, 0.717) is 11.4 Å². The smallest absolute Gasteiger partial charge is 0.149 e. The molecule has 0 bridgehead atoms. The number of rotatable bonds is 2. The summed E-state index contributed by atoms with van der Waals surface area (Å²) in [5, 5.41) is 18.5. The van der Waals surface area contributed by atoms with Gasteiger partial charge in [-0.1, -0.05) is 24.3 Å². The van der Waals surface area contributed by atoms with Gasteiger partial charge in [-0.3, -0.25) is 0 Å². The van der Waals surface area contributed by atoms with E-state index in [-0.39, 0.29) is 5.75 Å². The number of aromatic amines is 1. The van der Waals surface area contributed by atoms with E-state index < -0.39 is 0 Å². The van der Waals surface area contributed by atoms with Crippen LogP contribution in [0.1, 0.15) is 11.4 Å². The molecule has 0 saturated heterocycles. The molecule has 0 aliphatic rings. The lowest BCUT2D eigenvalue weighted by Crippen LogP contribution is -1.84. The third-order valence-electron chi connectivity index (χ3n) is 2.97. The van der Waals surface area contributed by atoms with Gasteiger partial charge in [0.2, 0.25) is 0 Å². The Bertz CT molecular complexity index is 790. The van der Waals surface area contributed by atoms with Crippen LogP contribution in [0, 0.1) is 11.3 Å². The number of phenols is 1. The maximum Gasteiger partial charge on any atom is 0.149 e. The summed E-state index contributed by atoms with van der Waals surface area (Å²) in [6.45, 7) is 0. The van der Waals surface area contributed by atoms with Gasteiger partial charge >= 0.3 is 0 Å². The Morgan fingerprint density at radius 2 is 1.90 bits per heavy atom. The number of phenolic OH excluding ortho intramolecular Hbond substituents is 1. The van der Waals surface area contributed by atoms with Crippen molar-refractivity contribution in [1.29, 1.82) is 5.26 Å². The molecule has 0 saturated carbocycles. The number of hydrogen-bond donors (Lipinski definition) is 2. The molecular formula is C16H11N3O. The third-order valence-corrected chi connectivity index (χ3v) is 2.97. The predicted molar refractivity (Wildman–Crippen MR) is 77.7 cm³/mol. The average Bonchev–Trinajstić information content (AvgIpc) is 2.90. The van der Waals surface area contributed by atoms with Gasteiger partial charge in [0, 0.05) is 0 Å². The molecule has 0 fully saturated rings. The molecule has 0 aliphatic heterocycles. The normalized spacial score (nSPS) is 11.4. The zero-order valence-corrected chi connectivity index (χ0v) is 10.5. The van der Waals surface area contributed by atoms with Crippen LogP contribution < -0.4 is 0 Å². The second kappa shape index (κ2) is 4.90. The zero-order valence-electron chi connectivity index (χ0n) is 10.5. The van der Waals surface area contributed by atoms with Crippen LogP contribution in [0.4, 0.5) is 0 Å². The number of H-pyrrole nitrogens is 1. The number of benzene rings is 2. The van der Waals surface area contributed by atoms with E-state index in [1.807, 2.05) is 24.3 Å². The largest absolute Gasteiger partial charge is 0.508 e. The fourth-order valence-electron chi connectivity index (χ4n) is 1.97. The van der Waals surface area contributed by atoms with Crippen LogP contribution in [0.5, 0.6) is 5.75 Å². The summed E-state index contributed by atoms with van der Waals surface area (Å²) in [6, 6.07) is 16.4. The van der Waals surface area contributed by atoms with Gasteiger partial charge in [0.05, 0.1) is 16.6 Å². The van der Waals surface area contributed by atoms with Gasteiger partial charge in [-0.25, -0.2) is 4.98 Å². The van der Waals surface area contributed by atoms with Crippen LogP contribution >= 0.6 is 0 Å². The van der Waals surface area contributed by atoms with Crippen molar-refractivity contribution in [1.82, 2.24) is 9.97 Å². The van der Waals surface area contributed by atoms with E-state index in [1.165, 1.54) is 0 Å². The average molecular weight is 261 g/mol. The SMILES string of the molecule is N#CC(=Cc1ccc(O)cc1)c1nc2ccccc2[nH]1. The summed E-state index contributed by atoms with van der Waals surface area (Å²) < 4.78 is 0. The Balaban J connectivity index is 2.05. The van der Waals surface area contributed by atoms with Crippen LogP contribution in [-0.2, 0) is 0 Å². The fraction of sp³-hybridized carbons (Fsp3) is 0. The second-order valence-electron chi connectivity index (χ2n) is 4.36. The number of aromatic nitrogens is 2. The Morgan fingerprint density at radius 1 is 1.15 bits per heavy atom. The molecule has 0 atom stereocenters. The van der Waals surface area contributed by atoms with Crippen LogP contribution in [0.3, 0.4) is 0 Å². The fourth-order valence-corrected chi connectivity index (χ4v) is 1.97. The lowest BCUT2D eigenvalue weighted by Gasteiger charge is -1.96. The van der Waals surface area contributed by atoms with Crippen molar-refractivity contribution in [2.45, 2.75) is 0 Å². The molecular weight excluding hydrogens is 250 g/mol. The van der Waals surface area contributed by atoms with Gasteiger partial charge in [0.1, 0.15) is 17.6 Å². The zero-order chi connectivity index (χ0) is 13.9. The third kappa shape index (κ3) is 2.25. The molecule has 1 aromatic heterocycles. The first-order valence-electron chi connectivity index (χ1n) is 6.12. The molecule has 4 heteroatoms. The van der Waals surface area contributed by atoms with Crippen molar-refractivity contribution < 1.29 is 5.11 Å². The van der Waals surface area contributed by atoms with E-state index in [4.69, 9.17) is 0 Å². The minimum atomic E-state index is 0.199. The number of aromatic hydroxyl groups is 1. The predicted octanol–water partition coefficient (Wildman–Crippen LogP) is 3.33. The monoisotopic (exact) mass is 261 g/mol. The second-order valence-corrected chi connectivity index (χ2v) is 4.36. The minimum absolute atomic E-state index is 0.199. The molecule has 0 unspecified atom stereocenters. The number of fused-ring (bicyclic) bond motifs is 1. The van der Waals surface area contributed by atoms with Crippen LogP contribution in [0.15, 0.2) is 48.5 Å². The number of nitrogens with zero attached hydrogens (tertiary/aromatic N) is 2. The molecule has 2 aromatic carbocycles. The highest BCUT2D eigenvalue weighted by Crippen LogP contribution is 2.20. The number of nitrogens with one attached hydrogen (secondary N) is 1. The number of allylic oxidation sites excluding steroid dienone is 1. The Labute approximate surface area is 115 Å². The first-order chi connectivity index (χ1) is 9.76. The van der Waals surface area contributed by atoms with Gasteiger partial charge in [0.15, 0.2) is 0 Å². The number of nitriles is 1. The molecule has 3 rings (SSSR count). The molecule has 0 radical (unpaired) electrons. The molecule has 3 aromatic rings. The lowest BCUT2D eigenvalue weighted by atomic mass is 10.1. The van der Waals surface area contributed by atoms with E-state index in [9.17, 15) is 10.4 Å². The van der Waals surface area contributed by atoms with Crippen molar-refractivity contribution in [3.63, 3.8) is 0 Å². The molecule has 0 spiro atoms. The minimum Gasteiger partial charge on any atom is -0.508 e. The highest BCUT2D eigenvalue weighted by molar-refractivity contribution is 5.90. The standard InChI is InChI=1S/C16H11N3O/c17-10-12(9-11-5-7-13(20)8-6-11)16-18-14-3-1-2-4-15(14)19-16/h1-9,20H,(H,18,19). The summed E-state index contributed by atoms with van der Waals surface area (Å²) in [7, 11) is 0.